The Morgan fingerprint density at radius 2 is 1.76 bits per heavy atom. The number of thiophene rings is 1. The molecule has 0 bridgehead atoms. The number of anilines is 1. The Morgan fingerprint density at radius 1 is 1.10 bits per heavy atom. The Labute approximate surface area is 175 Å². The van der Waals surface area contributed by atoms with Crippen LogP contribution >= 0.6 is 11.3 Å². The number of rotatable bonds is 6. The number of hydrogen-bond acceptors (Lipinski definition) is 5. The summed E-state index contributed by atoms with van der Waals surface area (Å²) in [6, 6.07) is 9.58. The first-order valence-electron chi connectivity index (χ1n) is 9.52. The summed E-state index contributed by atoms with van der Waals surface area (Å²) in [7, 11) is -3.61. The third kappa shape index (κ3) is 5.36. The fourth-order valence-corrected chi connectivity index (χ4v) is 5.24. The highest BCUT2D eigenvalue weighted by Crippen LogP contribution is 2.21. The Bertz CT molecular complexity index is 946. The van der Waals surface area contributed by atoms with Gasteiger partial charge in [0.15, 0.2) is 0 Å². The van der Waals surface area contributed by atoms with Gasteiger partial charge in [0.05, 0.1) is 0 Å². The van der Waals surface area contributed by atoms with E-state index in [1.165, 1.54) is 6.07 Å². The van der Waals surface area contributed by atoms with Gasteiger partial charge in [0.2, 0.25) is 5.91 Å². The predicted molar refractivity (Wildman–Crippen MR) is 113 cm³/mol. The molecule has 1 aromatic carbocycles. The van der Waals surface area contributed by atoms with Crippen LogP contribution in [0.1, 0.15) is 37.0 Å². The normalized spacial score (nSPS) is 15.3. The first kappa shape index (κ1) is 21.3. The molecular weight excluding hydrogens is 410 g/mol. The second-order valence-corrected chi connectivity index (χ2v) is 10.2. The van der Waals surface area contributed by atoms with Crippen molar-refractivity contribution >= 4 is 38.9 Å². The minimum Gasteiger partial charge on any atom is -0.349 e. The number of nitrogens with zero attached hydrogens (tertiary/aromatic N) is 1. The van der Waals surface area contributed by atoms with Crippen molar-refractivity contribution in [3.05, 3.63) is 47.3 Å². The van der Waals surface area contributed by atoms with E-state index in [4.69, 9.17) is 0 Å². The van der Waals surface area contributed by atoms with Crippen LogP contribution in [-0.2, 0) is 14.8 Å². The fourth-order valence-electron chi connectivity index (χ4n) is 3.19. The van der Waals surface area contributed by atoms with Gasteiger partial charge in [0, 0.05) is 36.3 Å². The van der Waals surface area contributed by atoms with E-state index < -0.39 is 10.0 Å². The summed E-state index contributed by atoms with van der Waals surface area (Å²) in [6.45, 7) is 5.07. The molecule has 9 heteroatoms. The average molecular weight is 436 g/mol. The largest absolute Gasteiger partial charge is 0.349 e. The van der Waals surface area contributed by atoms with Crippen molar-refractivity contribution in [1.29, 1.82) is 0 Å². The Kier molecular flexibility index (Phi) is 6.59. The lowest BCUT2D eigenvalue weighted by molar-refractivity contribution is -0.135. The molecule has 2 heterocycles. The number of hydrogen-bond donors (Lipinski definition) is 2. The molecule has 1 aromatic heterocycles. The van der Waals surface area contributed by atoms with Gasteiger partial charge in [-0.15, -0.1) is 11.3 Å². The van der Waals surface area contributed by atoms with E-state index >= 15 is 0 Å². The van der Waals surface area contributed by atoms with E-state index in [9.17, 15) is 18.0 Å². The van der Waals surface area contributed by atoms with Crippen LogP contribution in [0.2, 0.25) is 0 Å². The topological polar surface area (TPSA) is 95.6 Å². The van der Waals surface area contributed by atoms with Gasteiger partial charge in [-0.3, -0.25) is 14.3 Å². The average Bonchev–Trinajstić information content (AvgIpc) is 3.24. The molecule has 7 nitrogen and oxygen atoms in total. The lowest BCUT2D eigenvalue weighted by Gasteiger charge is -2.33. The molecule has 0 unspecified atom stereocenters. The van der Waals surface area contributed by atoms with Crippen LogP contribution in [0, 0.1) is 5.92 Å². The van der Waals surface area contributed by atoms with Crippen molar-refractivity contribution in [3.63, 3.8) is 0 Å². The van der Waals surface area contributed by atoms with Gasteiger partial charge in [0.25, 0.3) is 15.9 Å². The highest BCUT2D eigenvalue weighted by molar-refractivity contribution is 7.94. The number of amides is 2. The molecule has 1 aliphatic heterocycles. The minimum atomic E-state index is -3.61. The van der Waals surface area contributed by atoms with Crippen LogP contribution in [0.25, 0.3) is 0 Å². The van der Waals surface area contributed by atoms with E-state index in [0.29, 0.717) is 24.3 Å². The summed E-state index contributed by atoms with van der Waals surface area (Å²) >= 11 is 1.14. The van der Waals surface area contributed by atoms with Crippen LogP contribution in [0.3, 0.4) is 0 Å². The molecule has 2 aromatic rings. The summed E-state index contributed by atoms with van der Waals surface area (Å²) in [5.74, 6) is -0.0708. The Morgan fingerprint density at radius 3 is 2.31 bits per heavy atom. The van der Waals surface area contributed by atoms with Crippen molar-refractivity contribution in [2.75, 3.05) is 17.8 Å². The van der Waals surface area contributed by atoms with Gasteiger partial charge < -0.3 is 10.2 Å². The summed E-state index contributed by atoms with van der Waals surface area (Å²) in [5, 5.41) is 4.70. The van der Waals surface area contributed by atoms with E-state index in [0.717, 1.165) is 24.2 Å². The molecule has 2 amide bonds. The second kappa shape index (κ2) is 8.96. The molecule has 1 aliphatic rings. The molecule has 0 radical (unpaired) electrons. The van der Waals surface area contributed by atoms with E-state index in [1.54, 1.807) is 35.7 Å². The van der Waals surface area contributed by atoms with E-state index in [-0.39, 0.29) is 28.0 Å². The molecule has 1 saturated heterocycles. The standard InChI is InChI=1S/C20H25N3O4S2/c1-14(2)20(25)23-11-9-16(10-12-23)21-19(24)15-5-7-17(8-6-15)22-29(26,27)18-4-3-13-28-18/h3-8,13-14,16,22H,9-12H2,1-2H3,(H,21,24). The zero-order chi connectivity index (χ0) is 21.0. The monoisotopic (exact) mass is 435 g/mol. The zero-order valence-electron chi connectivity index (χ0n) is 16.4. The minimum absolute atomic E-state index is 0.0168. The maximum Gasteiger partial charge on any atom is 0.271 e. The molecule has 0 saturated carbocycles. The second-order valence-electron chi connectivity index (χ2n) is 7.34. The summed E-state index contributed by atoms with van der Waals surface area (Å²) < 4.78 is 27.2. The molecule has 156 valence electrons. The lowest BCUT2D eigenvalue weighted by atomic mass is 10.0. The van der Waals surface area contributed by atoms with Crippen LogP contribution in [0.5, 0.6) is 0 Å². The highest BCUT2D eigenvalue weighted by Gasteiger charge is 2.25. The number of carbonyl (C=O) groups is 2. The van der Waals surface area contributed by atoms with Crippen molar-refractivity contribution < 1.29 is 18.0 Å². The van der Waals surface area contributed by atoms with Gasteiger partial charge in [-0.1, -0.05) is 19.9 Å². The number of likely N-dealkylation sites (tertiary alicyclic amines) is 1. The smallest absolute Gasteiger partial charge is 0.271 e. The number of sulfonamides is 1. The summed E-state index contributed by atoms with van der Waals surface area (Å²) in [6.07, 6.45) is 1.45. The molecule has 3 rings (SSSR count). The number of piperidine rings is 1. The molecule has 0 atom stereocenters. The summed E-state index contributed by atoms with van der Waals surface area (Å²) in [5.41, 5.74) is 0.861. The van der Waals surface area contributed by atoms with Crippen LogP contribution in [-0.4, -0.2) is 44.3 Å². The maximum absolute atomic E-state index is 12.5. The Hall–Kier alpha value is -2.39. The van der Waals surface area contributed by atoms with Gasteiger partial charge in [0.1, 0.15) is 4.21 Å². The number of benzene rings is 1. The zero-order valence-corrected chi connectivity index (χ0v) is 18.1. The number of carbonyl (C=O) groups excluding carboxylic acids is 2. The fraction of sp³-hybridized carbons (Fsp3) is 0.400. The molecular formula is C20H25N3O4S2. The lowest BCUT2D eigenvalue weighted by Crippen LogP contribution is -2.47. The van der Waals surface area contributed by atoms with Crippen molar-refractivity contribution in [1.82, 2.24) is 10.2 Å². The molecule has 2 N–H and O–H groups in total. The predicted octanol–water partition coefficient (Wildman–Crippen LogP) is 2.93. The van der Waals surface area contributed by atoms with E-state index in [1.807, 2.05) is 18.7 Å². The van der Waals surface area contributed by atoms with Crippen molar-refractivity contribution in [3.8, 4) is 0 Å². The van der Waals surface area contributed by atoms with Crippen LogP contribution in [0.4, 0.5) is 5.69 Å². The van der Waals surface area contributed by atoms with Gasteiger partial charge in [-0.2, -0.15) is 0 Å². The SMILES string of the molecule is CC(C)C(=O)N1CCC(NC(=O)c2ccc(NS(=O)(=O)c3cccs3)cc2)CC1. The Balaban J connectivity index is 1.54. The first-order chi connectivity index (χ1) is 13.8. The quantitative estimate of drug-likeness (QED) is 0.729. The number of nitrogens with one attached hydrogen (secondary N) is 2. The highest BCUT2D eigenvalue weighted by atomic mass is 32.2. The van der Waals surface area contributed by atoms with Crippen LogP contribution in [0.15, 0.2) is 46.0 Å². The first-order valence-corrected chi connectivity index (χ1v) is 11.9. The molecule has 1 fully saturated rings. The van der Waals surface area contributed by atoms with Crippen LogP contribution < -0.4 is 10.0 Å². The van der Waals surface area contributed by atoms with Gasteiger partial charge in [-0.05, 0) is 48.6 Å². The van der Waals surface area contributed by atoms with Gasteiger partial charge in [-0.25, -0.2) is 8.42 Å². The maximum atomic E-state index is 12.5. The molecule has 0 aliphatic carbocycles. The van der Waals surface area contributed by atoms with Crippen molar-refractivity contribution in [2.45, 2.75) is 36.9 Å². The molecule has 0 spiro atoms. The third-order valence-electron chi connectivity index (χ3n) is 4.79. The van der Waals surface area contributed by atoms with Gasteiger partial charge >= 0.3 is 0 Å². The van der Waals surface area contributed by atoms with E-state index in [2.05, 4.69) is 10.0 Å². The third-order valence-corrected chi connectivity index (χ3v) is 7.57. The van der Waals surface area contributed by atoms with Crippen molar-refractivity contribution in [2.24, 2.45) is 5.92 Å². The molecule has 29 heavy (non-hydrogen) atoms. The summed E-state index contributed by atoms with van der Waals surface area (Å²) in [4.78, 5) is 26.4.